The molecule has 0 N–H and O–H groups in total. The number of carbonyl (C=O) groups excluding carboxylic acids is 1. The molecule has 2 aromatic rings. The van der Waals surface area contributed by atoms with Crippen LogP contribution in [-0.2, 0) is 14.0 Å². The Kier molecular flexibility index (Phi) is 6.12. The van der Waals surface area contributed by atoms with Gasteiger partial charge < -0.3 is 23.7 Å². The number of piperidine rings is 1. The van der Waals surface area contributed by atoms with Crippen molar-refractivity contribution in [2.45, 2.75) is 84.2 Å². The number of ether oxygens (including phenoxy) is 2. The molecule has 2 fully saturated rings. The van der Waals surface area contributed by atoms with Crippen LogP contribution in [0.3, 0.4) is 0 Å². The van der Waals surface area contributed by atoms with Gasteiger partial charge in [-0.15, -0.1) is 0 Å². The molecule has 2 saturated heterocycles. The van der Waals surface area contributed by atoms with Crippen LogP contribution in [0.2, 0.25) is 0 Å². The summed E-state index contributed by atoms with van der Waals surface area (Å²) in [5, 5.41) is 2.02. The largest absolute Gasteiger partial charge is 0.499 e. The van der Waals surface area contributed by atoms with Crippen LogP contribution >= 0.6 is 0 Å². The summed E-state index contributed by atoms with van der Waals surface area (Å²) >= 11 is 0. The summed E-state index contributed by atoms with van der Waals surface area (Å²) in [6, 6.07) is 5.97. The molecule has 4 rings (SSSR count). The highest BCUT2D eigenvalue weighted by atomic mass is 16.7. The highest BCUT2D eigenvalue weighted by Crippen LogP contribution is 2.38. The minimum Gasteiger partial charge on any atom is -0.491 e. The van der Waals surface area contributed by atoms with Crippen LogP contribution in [0.15, 0.2) is 30.6 Å². The van der Waals surface area contributed by atoms with E-state index in [1.54, 1.807) is 11.1 Å². The fourth-order valence-corrected chi connectivity index (χ4v) is 4.14. The Balaban J connectivity index is 1.55. The summed E-state index contributed by atoms with van der Waals surface area (Å²) < 4.78 is 24.8. The first kappa shape index (κ1) is 23.8. The van der Waals surface area contributed by atoms with Gasteiger partial charge in [0.25, 0.3) is 0 Å². The summed E-state index contributed by atoms with van der Waals surface area (Å²) in [4.78, 5) is 18.4. The van der Waals surface area contributed by atoms with Gasteiger partial charge in [-0.1, -0.05) is 0 Å². The van der Waals surface area contributed by atoms with E-state index in [1.165, 1.54) is 0 Å². The van der Waals surface area contributed by atoms with Gasteiger partial charge in [0.05, 0.1) is 11.2 Å². The van der Waals surface area contributed by atoms with Gasteiger partial charge in [0.15, 0.2) is 0 Å². The Labute approximate surface area is 196 Å². The van der Waals surface area contributed by atoms with Crippen molar-refractivity contribution in [1.82, 2.24) is 9.88 Å². The van der Waals surface area contributed by atoms with E-state index in [1.807, 2.05) is 72.9 Å². The van der Waals surface area contributed by atoms with E-state index in [-0.39, 0.29) is 12.2 Å². The van der Waals surface area contributed by atoms with Crippen molar-refractivity contribution in [3.63, 3.8) is 0 Å². The molecule has 0 bridgehead atoms. The highest BCUT2D eigenvalue weighted by molar-refractivity contribution is 6.66. The van der Waals surface area contributed by atoms with E-state index in [4.69, 9.17) is 18.8 Å². The fourth-order valence-electron chi connectivity index (χ4n) is 4.14. The summed E-state index contributed by atoms with van der Waals surface area (Å²) in [5.41, 5.74) is -0.517. The number of hydrogen-bond donors (Lipinski definition) is 0. The second-order valence-electron chi connectivity index (χ2n) is 10.9. The predicted octanol–water partition coefficient (Wildman–Crippen LogP) is 4.31. The molecule has 2 aliphatic heterocycles. The Hall–Kier alpha value is -2.32. The molecule has 0 atom stereocenters. The first-order valence-electron chi connectivity index (χ1n) is 11.7. The summed E-state index contributed by atoms with van der Waals surface area (Å²) in [5.74, 6) is 0.753. The molecule has 8 heteroatoms. The van der Waals surface area contributed by atoms with Gasteiger partial charge in [-0.05, 0) is 77.4 Å². The van der Waals surface area contributed by atoms with Crippen molar-refractivity contribution in [3.8, 4) is 5.75 Å². The van der Waals surface area contributed by atoms with E-state index in [2.05, 4.69) is 4.98 Å². The van der Waals surface area contributed by atoms with Gasteiger partial charge >= 0.3 is 13.2 Å². The fraction of sp³-hybridized carbons (Fsp3) is 0.600. The van der Waals surface area contributed by atoms with Gasteiger partial charge in [-0.3, -0.25) is 4.98 Å². The zero-order valence-electron chi connectivity index (χ0n) is 20.8. The van der Waals surface area contributed by atoms with Crippen molar-refractivity contribution in [3.05, 3.63) is 30.6 Å². The maximum absolute atomic E-state index is 12.4. The highest BCUT2D eigenvalue weighted by Gasteiger charge is 2.53. The number of rotatable bonds is 3. The Morgan fingerprint density at radius 2 is 1.73 bits per heavy atom. The van der Waals surface area contributed by atoms with Crippen molar-refractivity contribution in [2.75, 3.05) is 13.1 Å². The quantitative estimate of drug-likeness (QED) is 0.644. The maximum Gasteiger partial charge on any atom is 0.499 e. The second kappa shape index (κ2) is 8.47. The summed E-state index contributed by atoms with van der Waals surface area (Å²) in [7, 11) is -0.544. The van der Waals surface area contributed by atoms with Gasteiger partial charge in [-0.2, -0.15) is 0 Å². The molecule has 0 unspecified atom stereocenters. The summed E-state index contributed by atoms with van der Waals surface area (Å²) in [6.45, 7) is 15.0. The first-order chi connectivity index (χ1) is 15.4. The predicted molar refractivity (Wildman–Crippen MR) is 129 cm³/mol. The number of likely N-dealkylation sites (tertiary alicyclic amines) is 1. The lowest BCUT2D eigenvalue weighted by molar-refractivity contribution is 0.00578. The molecule has 178 valence electrons. The number of nitrogens with zero attached hydrogens (tertiary/aromatic N) is 2. The average Bonchev–Trinajstić information content (AvgIpc) is 2.93. The molecule has 33 heavy (non-hydrogen) atoms. The third kappa shape index (κ3) is 4.97. The third-order valence-corrected chi connectivity index (χ3v) is 6.70. The van der Waals surface area contributed by atoms with Crippen LogP contribution in [-0.4, -0.2) is 59.1 Å². The van der Waals surface area contributed by atoms with Gasteiger partial charge in [0.1, 0.15) is 17.5 Å². The average molecular weight is 454 g/mol. The number of carbonyl (C=O) groups is 1. The van der Waals surface area contributed by atoms with Crippen LogP contribution in [0.5, 0.6) is 5.75 Å². The number of amides is 1. The molecule has 1 aromatic heterocycles. The molecule has 0 spiro atoms. The van der Waals surface area contributed by atoms with E-state index >= 15 is 0 Å². The minimum atomic E-state index is -0.544. The van der Waals surface area contributed by atoms with Gasteiger partial charge in [0.2, 0.25) is 0 Å². The first-order valence-corrected chi connectivity index (χ1v) is 11.7. The lowest BCUT2D eigenvalue weighted by atomic mass is 9.75. The Bertz CT molecular complexity index is 1010. The SMILES string of the molecule is CC(C)(C)OC(=O)N1CCC(Oc2ccc3cnccc3c2B2OC(C)(C)C(C)(C)O2)CC1. The van der Waals surface area contributed by atoms with Gasteiger partial charge in [-0.25, -0.2) is 4.79 Å². The Morgan fingerprint density at radius 3 is 2.33 bits per heavy atom. The van der Waals surface area contributed by atoms with Crippen LogP contribution in [0.1, 0.15) is 61.3 Å². The van der Waals surface area contributed by atoms with Crippen LogP contribution in [0, 0.1) is 0 Å². The number of benzene rings is 1. The molecule has 0 aliphatic carbocycles. The Morgan fingerprint density at radius 1 is 1.09 bits per heavy atom. The van der Waals surface area contributed by atoms with Crippen LogP contribution < -0.4 is 10.2 Å². The third-order valence-electron chi connectivity index (χ3n) is 6.70. The molecular formula is C25H35BN2O5. The van der Waals surface area contributed by atoms with Crippen molar-refractivity contribution < 1.29 is 23.6 Å². The minimum absolute atomic E-state index is 0.0100. The zero-order chi connectivity index (χ0) is 24.0. The van der Waals surface area contributed by atoms with E-state index in [9.17, 15) is 4.79 Å². The monoisotopic (exact) mass is 454 g/mol. The van der Waals surface area contributed by atoms with Crippen LogP contribution in [0.4, 0.5) is 4.79 Å². The molecule has 0 radical (unpaired) electrons. The number of hydrogen-bond acceptors (Lipinski definition) is 6. The number of fused-ring (bicyclic) bond motifs is 1. The van der Waals surface area contributed by atoms with Crippen molar-refractivity contribution in [1.29, 1.82) is 0 Å². The zero-order valence-corrected chi connectivity index (χ0v) is 20.8. The van der Waals surface area contributed by atoms with E-state index < -0.39 is 23.9 Å². The van der Waals surface area contributed by atoms with Crippen molar-refractivity contribution in [2.24, 2.45) is 0 Å². The van der Waals surface area contributed by atoms with E-state index in [0.29, 0.717) is 13.1 Å². The lowest BCUT2D eigenvalue weighted by Crippen LogP contribution is -2.45. The smallest absolute Gasteiger partial charge is 0.491 e. The number of pyridine rings is 1. The standard InChI is InChI=1S/C25H35BN2O5/c1-23(2,3)31-22(29)28-14-11-18(12-15-28)30-20-9-8-17-16-27-13-10-19(17)21(20)26-32-24(4,5)25(6,7)33-26/h8-10,13,16,18H,11-12,14-15H2,1-7H3. The molecule has 0 saturated carbocycles. The number of aromatic nitrogens is 1. The second-order valence-corrected chi connectivity index (χ2v) is 10.9. The molecule has 7 nitrogen and oxygen atoms in total. The lowest BCUT2D eigenvalue weighted by Gasteiger charge is -2.34. The topological polar surface area (TPSA) is 70.1 Å². The van der Waals surface area contributed by atoms with Gasteiger partial charge in [0, 0.05) is 43.8 Å². The molecule has 1 amide bonds. The van der Waals surface area contributed by atoms with E-state index in [0.717, 1.165) is 34.8 Å². The molecule has 3 heterocycles. The molecule has 1 aromatic carbocycles. The molecular weight excluding hydrogens is 419 g/mol. The normalized spacial score (nSPS) is 20.8. The summed E-state index contributed by atoms with van der Waals surface area (Å²) in [6.07, 6.45) is 4.81. The molecule has 2 aliphatic rings. The van der Waals surface area contributed by atoms with Crippen molar-refractivity contribution >= 4 is 29.4 Å². The maximum atomic E-state index is 12.4. The van der Waals surface area contributed by atoms with Crippen LogP contribution in [0.25, 0.3) is 10.8 Å².